The number of nitrogens with one attached hydrogen (secondary N) is 2. The van der Waals surface area contributed by atoms with Crippen LogP contribution in [0.25, 0.3) is 0 Å². The van der Waals surface area contributed by atoms with Crippen molar-refractivity contribution in [2.45, 2.75) is 19.8 Å². The lowest BCUT2D eigenvalue weighted by molar-refractivity contribution is -0.127. The second-order valence-corrected chi connectivity index (χ2v) is 5.04. The van der Waals surface area contributed by atoms with E-state index in [4.69, 9.17) is 0 Å². The van der Waals surface area contributed by atoms with Gasteiger partial charge in [-0.1, -0.05) is 37.3 Å². The molecule has 0 saturated carbocycles. The lowest BCUT2D eigenvalue weighted by atomic mass is 10.1. The highest BCUT2D eigenvalue weighted by molar-refractivity contribution is 14.0. The van der Waals surface area contributed by atoms with Crippen molar-refractivity contribution in [2.24, 2.45) is 4.99 Å². The van der Waals surface area contributed by atoms with Gasteiger partial charge in [0.15, 0.2) is 5.96 Å². The Kier molecular flexibility index (Phi) is 11.5. The average molecular weight is 418 g/mol. The molecule has 1 aromatic carbocycles. The Labute approximate surface area is 150 Å². The molecule has 0 fully saturated rings. The van der Waals surface area contributed by atoms with Crippen molar-refractivity contribution in [2.75, 3.05) is 33.7 Å². The summed E-state index contributed by atoms with van der Waals surface area (Å²) in [5, 5.41) is 6.48. The van der Waals surface area contributed by atoms with Gasteiger partial charge < -0.3 is 15.5 Å². The molecule has 1 aromatic rings. The molecule has 0 spiro atoms. The summed E-state index contributed by atoms with van der Waals surface area (Å²) in [4.78, 5) is 17.4. The number of carbonyl (C=O) groups is 1. The number of nitrogens with zero attached hydrogens (tertiary/aromatic N) is 2. The van der Waals surface area contributed by atoms with Crippen molar-refractivity contribution in [3.8, 4) is 0 Å². The fraction of sp³-hybridized carbons (Fsp3) is 0.500. The Morgan fingerprint density at radius 3 is 2.36 bits per heavy atom. The fourth-order valence-electron chi connectivity index (χ4n) is 1.68. The van der Waals surface area contributed by atoms with Gasteiger partial charge in [0, 0.05) is 27.2 Å². The van der Waals surface area contributed by atoms with E-state index in [9.17, 15) is 4.79 Å². The number of hydrogen-bond acceptors (Lipinski definition) is 2. The predicted octanol–water partition coefficient (Wildman–Crippen LogP) is 1.88. The largest absolute Gasteiger partial charge is 0.356 e. The highest BCUT2D eigenvalue weighted by Crippen LogP contribution is 1.98. The van der Waals surface area contributed by atoms with Gasteiger partial charge in [0.25, 0.3) is 0 Å². The molecular weight excluding hydrogens is 391 g/mol. The van der Waals surface area contributed by atoms with Crippen molar-refractivity contribution >= 4 is 35.8 Å². The maximum absolute atomic E-state index is 11.6. The number of carbonyl (C=O) groups excluding carboxylic acids is 1. The molecule has 5 nitrogen and oxygen atoms in total. The summed E-state index contributed by atoms with van der Waals surface area (Å²) >= 11 is 0. The molecule has 0 aliphatic heterocycles. The van der Waals surface area contributed by atoms with Crippen LogP contribution in [0, 0.1) is 0 Å². The third kappa shape index (κ3) is 8.86. The van der Waals surface area contributed by atoms with Crippen molar-refractivity contribution in [3.05, 3.63) is 35.9 Å². The molecule has 1 amide bonds. The van der Waals surface area contributed by atoms with Gasteiger partial charge in [-0.05, 0) is 18.4 Å². The summed E-state index contributed by atoms with van der Waals surface area (Å²) < 4.78 is 0. The van der Waals surface area contributed by atoms with Crippen LogP contribution in [0.1, 0.15) is 18.9 Å². The molecule has 0 atom stereocenters. The summed E-state index contributed by atoms with van der Waals surface area (Å²) in [6.07, 6.45) is 1.94. The van der Waals surface area contributed by atoms with E-state index in [1.807, 2.05) is 18.2 Å². The zero-order valence-corrected chi connectivity index (χ0v) is 16.0. The van der Waals surface area contributed by atoms with Crippen LogP contribution < -0.4 is 10.6 Å². The van der Waals surface area contributed by atoms with Crippen LogP contribution in [0.5, 0.6) is 0 Å². The standard InChI is InChI=1S/C16H26N4O.HI/c1-4-11-17-16(19-13-15(21)20(2)3)18-12-10-14-8-6-5-7-9-14;/h5-9H,4,10-13H2,1-3H3,(H2,17,18,19);1H. The van der Waals surface area contributed by atoms with E-state index in [0.717, 1.165) is 25.9 Å². The summed E-state index contributed by atoms with van der Waals surface area (Å²) in [5.74, 6) is 0.693. The van der Waals surface area contributed by atoms with Gasteiger partial charge in [-0.25, -0.2) is 4.99 Å². The summed E-state index contributed by atoms with van der Waals surface area (Å²) in [5.41, 5.74) is 1.28. The Hall–Kier alpha value is -1.31. The molecule has 0 heterocycles. The summed E-state index contributed by atoms with van der Waals surface area (Å²) in [6, 6.07) is 10.3. The average Bonchev–Trinajstić information content (AvgIpc) is 2.50. The third-order valence-corrected chi connectivity index (χ3v) is 2.96. The van der Waals surface area contributed by atoms with Crippen LogP contribution in [0.4, 0.5) is 0 Å². The van der Waals surface area contributed by atoms with Crippen LogP contribution in [-0.4, -0.2) is 50.5 Å². The van der Waals surface area contributed by atoms with E-state index in [2.05, 4.69) is 34.7 Å². The highest BCUT2D eigenvalue weighted by atomic mass is 127. The zero-order valence-electron chi connectivity index (χ0n) is 13.6. The molecule has 0 bridgehead atoms. The Morgan fingerprint density at radius 2 is 1.77 bits per heavy atom. The van der Waals surface area contributed by atoms with E-state index < -0.39 is 0 Å². The van der Waals surface area contributed by atoms with Gasteiger partial charge in [0.1, 0.15) is 6.54 Å². The molecule has 6 heteroatoms. The van der Waals surface area contributed by atoms with E-state index >= 15 is 0 Å². The number of hydrogen-bond donors (Lipinski definition) is 2. The molecule has 22 heavy (non-hydrogen) atoms. The van der Waals surface area contributed by atoms with Gasteiger partial charge in [0.05, 0.1) is 0 Å². The first-order valence-corrected chi connectivity index (χ1v) is 7.39. The molecule has 1 rings (SSSR count). The minimum absolute atomic E-state index is 0. The SMILES string of the molecule is CCCNC(=NCC(=O)N(C)C)NCCc1ccccc1.I. The minimum Gasteiger partial charge on any atom is -0.356 e. The minimum atomic E-state index is -0.00402. The number of rotatable bonds is 7. The van der Waals surface area contributed by atoms with Gasteiger partial charge in [-0.15, -0.1) is 24.0 Å². The molecule has 0 radical (unpaired) electrons. The molecule has 0 aliphatic rings. The van der Waals surface area contributed by atoms with E-state index in [1.54, 1.807) is 19.0 Å². The van der Waals surface area contributed by atoms with E-state index in [0.29, 0.717) is 5.96 Å². The second kappa shape index (κ2) is 12.3. The van der Waals surface area contributed by atoms with Gasteiger partial charge >= 0.3 is 0 Å². The molecule has 2 N–H and O–H groups in total. The number of benzene rings is 1. The predicted molar refractivity (Wildman–Crippen MR) is 103 cm³/mol. The van der Waals surface area contributed by atoms with Gasteiger partial charge in [-0.3, -0.25) is 4.79 Å². The molecule has 0 unspecified atom stereocenters. The lowest BCUT2D eigenvalue weighted by Crippen LogP contribution is -2.39. The van der Waals surface area contributed by atoms with Crippen LogP contribution in [0.15, 0.2) is 35.3 Å². The first-order valence-electron chi connectivity index (χ1n) is 7.39. The number of halogens is 1. The molecule has 0 aromatic heterocycles. The first-order chi connectivity index (χ1) is 10.1. The number of guanidine groups is 1. The Balaban J connectivity index is 0.00000441. The van der Waals surface area contributed by atoms with Crippen molar-refractivity contribution < 1.29 is 4.79 Å². The highest BCUT2D eigenvalue weighted by Gasteiger charge is 2.04. The maximum atomic E-state index is 11.6. The molecule has 124 valence electrons. The van der Waals surface area contributed by atoms with Crippen LogP contribution in [0.2, 0.25) is 0 Å². The molecule has 0 aliphatic carbocycles. The van der Waals surface area contributed by atoms with E-state index in [-0.39, 0.29) is 36.4 Å². The maximum Gasteiger partial charge on any atom is 0.243 e. The number of likely N-dealkylation sites (N-methyl/N-ethyl adjacent to an activating group) is 1. The molecule has 0 saturated heterocycles. The van der Waals surface area contributed by atoms with Gasteiger partial charge in [0.2, 0.25) is 5.91 Å². The lowest BCUT2D eigenvalue weighted by Gasteiger charge is -2.13. The van der Waals surface area contributed by atoms with E-state index in [1.165, 1.54) is 5.56 Å². The van der Waals surface area contributed by atoms with Crippen LogP contribution >= 0.6 is 24.0 Å². The summed E-state index contributed by atoms with van der Waals surface area (Å²) in [6.45, 7) is 3.89. The Morgan fingerprint density at radius 1 is 1.14 bits per heavy atom. The van der Waals surface area contributed by atoms with Crippen molar-refractivity contribution in [1.29, 1.82) is 0 Å². The summed E-state index contributed by atoms with van der Waals surface area (Å²) in [7, 11) is 3.47. The van der Waals surface area contributed by atoms with Crippen molar-refractivity contribution in [3.63, 3.8) is 0 Å². The fourth-order valence-corrected chi connectivity index (χ4v) is 1.68. The molecular formula is C16H27IN4O. The van der Waals surface area contributed by atoms with Gasteiger partial charge in [-0.2, -0.15) is 0 Å². The van der Waals surface area contributed by atoms with Crippen LogP contribution in [0.3, 0.4) is 0 Å². The number of amides is 1. The van der Waals surface area contributed by atoms with Crippen LogP contribution in [-0.2, 0) is 11.2 Å². The quantitative estimate of drug-likeness (QED) is 0.404. The smallest absolute Gasteiger partial charge is 0.243 e. The topological polar surface area (TPSA) is 56.7 Å². The third-order valence-electron chi connectivity index (χ3n) is 2.96. The normalized spacial score (nSPS) is 10.6. The Bertz CT molecular complexity index is 449. The number of aliphatic imine (C=N–C) groups is 1. The second-order valence-electron chi connectivity index (χ2n) is 5.04. The van der Waals surface area contributed by atoms with Crippen molar-refractivity contribution in [1.82, 2.24) is 15.5 Å². The first kappa shape index (κ1) is 20.7. The zero-order chi connectivity index (χ0) is 15.5. The monoisotopic (exact) mass is 418 g/mol.